The molecule has 0 aliphatic heterocycles. The molecule has 2 heteroatoms. The number of rotatable bonds is 6. The summed E-state index contributed by atoms with van der Waals surface area (Å²) in [5, 5.41) is 0. The molecule has 1 aliphatic rings. The third-order valence-electron chi connectivity index (χ3n) is 4.19. The van der Waals surface area contributed by atoms with E-state index in [1.54, 1.807) is 0 Å². The fourth-order valence-electron chi connectivity index (χ4n) is 3.12. The minimum absolute atomic E-state index is 0.480. The molecule has 0 heterocycles. The molecule has 2 aromatic carbocycles. The van der Waals surface area contributed by atoms with Crippen LogP contribution in [-0.2, 0) is 10.3 Å². The average molecular weight is 317 g/mol. The van der Waals surface area contributed by atoms with Gasteiger partial charge in [0, 0.05) is 6.54 Å². The summed E-state index contributed by atoms with van der Waals surface area (Å²) in [6.07, 6.45) is 11.6. The second kappa shape index (κ2) is 7.91. The minimum atomic E-state index is -0.660. The highest BCUT2D eigenvalue weighted by Gasteiger charge is 2.38. The Morgan fingerprint density at radius 1 is 0.875 bits per heavy atom. The van der Waals surface area contributed by atoms with Gasteiger partial charge in [0.25, 0.3) is 0 Å². The van der Waals surface area contributed by atoms with Gasteiger partial charge in [0.15, 0.2) is 0 Å². The summed E-state index contributed by atoms with van der Waals surface area (Å²) in [5.41, 5.74) is 8.44. The zero-order valence-electron chi connectivity index (χ0n) is 13.8. The van der Waals surface area contributed by atoms with Gasteiger partial charge >= 0.3 is 0 Å². The third kappa shape index (κ3) is 3.25. The fraction of sp³-hybridized carbons (Fsp3) is 0.182. The normalized spacial score (nSPS) is 14.3. The van der Waals surface area contributed by atoms with Crippen molar-refractivity contribution in [2.45, 2.75) is 12.0 Å². The van der Waals surface area contributed by atoms with Gasteiger partial charge in [-0.2, -0.15) is 0 Å². The van der Waals surface area contributed by atoms with E-state index in [1.807, 2.05) is 12.1 Å². The van der Waals surface area contributed by atoms with Crippen LogP contribution in [0.1, 0.15) is 17.5 Å². The molecule has 0 amide bonds. The first kappa shape index (κ1) is 16.4. The van der Waals surface area contributed by atoms with Crippen molar-refractivity contribution in [2.24, 2.45) is 5.73 Å². The summed E-state index contributed by atoms with van der Waals surface area (Å²) in [5.74, 6) is 0. The molecule has 3 rings (SSSR count). The predicted octanol–water partition coefficient (Wildman–Crippen LogP) is 4.35. The van der Waals surface area contributed by atoms with Gasteiger partial charge in [-0.1, -0.05) is 91.0 Å². The van der Waals surface area contributed by atoms with Crippen LogP contribution in [0.5, 0.6) is 0 Å². The van der Waals surface area contributed by atoms with Crippen LogP contribution in [0.2, 0.25) is 0 Å². The van der Waals surface area contributed by atoms with E-state index in [-0.39, 0.29) is 0 Å². The maximum Gasteiger partial charge on any atom is 0.143 e. The van der Waals surface area contributed by atoms with E-state index in [1.165, 1.54) is 0 Å². The van der Waals surface area contributed by atoms with Gasteiger partial charge in [-0.05, 0) is 23.1 Å². The fourth-order valence-corrected chi connectivity index (χ4v) is 3.12. The molecule has 0 radical (unpaired) electrons. The zero-order valence-corrected chi connectivity index (χ0v) is 13.8. The molecule has 2 nitrogen and oxygen atoms in total. The highest BCUT2D eigenvalue weighted by atomic mass is 16.5. The monoisotopic (exact) mass is 317 g/mol. The highest BCUT2D eigenvalue weighted by Crippen LogP contribution is 2.41. The first-order valence-electron chi connectivity index (χ1n) is 8.37. The molecule has 24 heavy (non-hydrogen) atoms. The van der Waals surface area contributed by atoms with Gasteiger partial charge in [-0.3, -0.25) is 0 Å². The van der Waals surface area contributed by atoms with Crippen LogP contribution in [0.25, 0.3) is 0 Å². The van der Waals surface area contributed by atoms with Crippen molar-refractivity contribution in [1.29, 1.82) is 0 Å². The van der Waals surface area contributed by atoms with Gasteiger partial charge in [0.05, 0.1) is 6.61 Å². The van der Waals surface area contributed by atoms with Crippen LogP contribution in [0.15, 0.2) is 96.6 Å². The average Bonchev–Trinajstić information content (AvgIpc) is 2.94. The van der Waals surface area contributed by atoms with E-state index in [2.05, 4.69) is 78.9 Å². The number of nitrogens with two attached hydrogens (primary N) is 1. The molecule has 0 aromatic heterocycles. The molecule has 0 unspecified atom stereocenters. The molecule has 2 aromatic rings. The third-order valence-corrected chi connectivity index (χ3v) is 4.19. The second-order valence-corrected chi connectivity index (χ2v) is 5.74. The molecule has 0 fully saturated rings. The van der Waals surface area contributed by atoms with Crippen molar-refractivity contribution in [2.75, 3.05) is 13.2 Å². The van der Waals surface area contributed by atoms with E-state index in [0.717, 1.165) is 23.1 Å². The lowest BCUT2D eigenvalue weighted by Gasteiger charge is -2.36. The van der Waals surface area contributed by atoms with E-state index in [4.69, 9.17) is 10.5 Å². The summed E-state index contributed by atoms with van der Waals surface area (Å²) in [7, 11) is 0. The second-order valence-electron chi connectivity index (χ2n) is 5.74. The lowest BCUT2D eigenvalue weighted by Crippen LogP contribution is -2.35. The summed E-state index contributed by atoms with van der Waals surface area (Å²) < 4.78 is 6.47. The number of ether oxygens (including phenoxy) is 1. The Hall–Kier alpha value is -2.42. The Morgan fingerprint density at radius 3 is 2.08 bits per heavy atom. The van der Waals surface area contributed by atoms with Crippen LogP contribution < -0.4 is 5.73 Å². The molecule has 0 spiro atoms. The number of hydrogen-bond acceptors (Lipinski definition) is 2. The first-order chi connectivity index (χ1) is 11.9. The van der Waals surface area contributed by atoms with Crippen molar-refractivity contribution < 1.29 is 4.74 Å². The smallest absolute Gasteiger partial charge is 0.143 e. The van der Waals surface area contributed by atoms with Crippen LogP contribution in [0.3, 0.4) is 0 Å². The molecular formula is C22H23NO. The lowest BCUT2D eigenvalue weighted by molar-refractivity contribution is 0.0174. The maximum absolute atomic E-state index is 6.47. The van der Waals surface area contributed by atoms with Gasteiger partial charge in [-0.15, -0.1) is 0 Å². The van der Waals surface area contributed by atoms with Crippen molar-refractivity contribution in [3.8, 4) is 0 Å². The SMILES string of the molecule is NCCOC(C1=CC=CCC=C1)(c1ccccc1)c1ccccc1. The molecule has 0 saturated heterocycles. The van der Waals surface area contributed by atoms with E-state index >= 15 is 0 Å². The molecule has 0 saturated carbocycles. The largest absolute Gasteiger partial charge is 0.360 e. The molecule has 2 N–H and O–H groups in total. The summed E-state index contributed by atoms with van der Waals surface area (Å²) in [6.45, 7) is 0.965. The van der Waals surface area contributed by atoms with Gasteiger partial charge in [0.1, 0.15) is 5.60 Å². The molecule has 122 valence electrons. The molecule has 0 bridgehead atoms. The van der Waals surface area contributed by atoms with Gasteiger partial charge in [-0.25, -0.2) is 0 Å². The first-order valence-corrected chi connectivity index (χ1v) is 8.37. The topological polar surface area (TPSA) is 35.2 Å². The number of hydrogen-bond donors (Lipinski definition) is 1. The Kier molecular flexibility index (Phi) is 5.42. The summed E-state index contributed by atoms with van der Waals surface area (Å²) >= 11 is 0. The van der Waals surface area contributed by atoms with Gasteiger partial charge < -0.3 is 10.5 Å². The standard InChI is InChI=1S/C22H23NO/c23-17-18-24-22(20-13-7-3-8-14-20,21-15-9-4-10-16-21)19-11-5-1-2-6-12-19/h1,3-16H,2,17-18,23H2. The van der Waals surface area contributed by atoms with Gasteiger partial charge in [0.2, 0.25) is 0 Å². The van der Waals surface area contributed by atoms with Crippen LogP contribution >= 0.6 is 0 Å². The van der Waals surface area contributed by atoms with Crippen molar-refractivity contribution in [1.82, 2.24) is 0 Å². The lowest BCUT2D eigenvalue weighted by atomic mass is 9.79. The van der Waals surface area contributed by atoms with Crippen molar-refractivity contribution in [3.05, 3.63) is 108 Å². The van der Waals surface area contributed by atoms with E-state index < -0.39 is 5.60 Å². The number of benzene rings is 2. The summed E-state index contributed by atoms with van der Waals surface area (Å²) in [6, 6.07) is 20.7. The molecule has 1 aliphatic carbocycles. The molecule has 0 atom stereocenters. The number of allylic oxidation sites excluding steroid dienone is 4. The Labute approximate surface area is 144 Å². The van der Waals surface area contributed by atoms with E-state index in [9.17, 15) is 0 Å². The van der Waals surface area contributed by atoms with Crippen LogP contribution in [0, 0.1) is 0 Å². The van der Waals surface area contributed by atoms with Crippen molar-refractivity contribution in [3.63, 3.8) is 0 Å². The Bertz CT molecular complexity index is 690. The highest BCUT2D eigenvalue weighted by molar-refractivity contribution is 5.51. The van der Waals surface area contributed by atoms with E-state index in [0.29, 0.717) is 13.2 Å². The van der Waals surface area contributed by atoms with Crippen molar-refractivity contribution >= 4 is 0 Å². The Balaban J connectivity index is 2.24. The predicted molar refractivity (Wildman–Crippen MR) is 99.7 cm³/mol. The van der Waals surface area contributed by atoms with Crippen LogP contribution in [-0.4, -0.2) is 13.2 Å². The quantitative estimate of drug-likeness (QED) is 0.860. The minimum Gasteiger partial charge on any atom is -0.360 e. The summed E-state index contributed by atoms with van der Waals surface area (Å²) in [4.78, 5) is 0. The zero-order chi connectivity index (χ0) is 16.7. The molecular weight excluding hydrogens is 294 g/mol. The maximum atomic E-state index is 6.47. The van der Waals surface area contributed by atoms with Crippen LogP contribution in [0.4, 0.5) is 0 Å². The Morgan fingerprint density at radius 2 is 1.50 bits per heavy atom.